The minimum atomic E-state index is -0.338. The van der Waals surface area contributed by atoms with Gasteiger partial charge in [0, 0.05) is 16.9 Å². The van der Waals surface area contributed by atoms with Gasteiger partial charge < -0.3 is 14.8 Å². The molecule has 2 aromatic rings. The van der Waals surface area contributed by atoms with E-state index in [2.05, 4.69) is 5.32 Å². The van der Waals surface area contributed by atoms with Gasteiger partial charge in [-0.15, -0.1) is 11.8 Å². The fraction of sp³-hybridized carbons (Fsp3) is 0.381. The summed E-state index contributed by atoms with van der Waals surface area (Å²) in [4.78, 5) is 13.9. The predicted molar refractivity (Wildman–Crippen MR) is 105 cm³/mol. The van der Waals surface area contributed by atoms with Crippen LogP contribution in [-0.4, -0.2) is 23.9 Å². The number of carbonyl (C=O) groups is 1. The van der Waals surface area contributed by atoms with Crippen molar-refractivity contribution in [1.29, 1.82) is 0 Å². The lowest BCUT2D eigenvalue weighted by molar-refractivity contribution is -0.121. The van der Waals surface area contributed by atoms with Gasteiger partial charge in [0.1, 0.15) is 17.1 Å². The molecule has 1 aliphatic rings. The van der Waals surface area contributed by atoms with Gasteiger partial charge in [0.25, 0.3) is 0 Å². The lowest BCUT2D eigenvalue weighted by Gasteiger charge is -2.38. The monoisotopic (exact) mass is 371 g/mol. The van der Waals surface area contributed by atoms with Crippen molar-refractivity contribution in [3.05, 3.63) is 54.1 Å². The van der Waals surface area contributed by atoms with E-state index in [1.807, 2.05) is 69.3 Å². The van der Waals surface area contributed by atoms with Gasteiger partial charge >= 0.3 is 0 Å². The molecule has 5 heteroatoms. The third-order valence-corrected chi connectivity index (χ3v) is 5.53. The van der Waals surface area contributed by atoms with E-state index in [1.54, 1.807) is 18.9 Å². The quantitative estimate of drug-likeness (QED) is 0.781. The van der Waals surface area contributed by atoms with E-state index in [9.17, 15) is 4.79 Å². The van der Waals surface area contributed by atoms with Gasteiger partial charge in [-0.05, 0) is 51.1 Å². The molecule has 4 nitrogen and oxygen atoms in total. The molecule has 0 aromatic heterocycles. The van der Waals surface area contributed by atoms with Crippen molar-refractivity contribution in [1.82, 2.24) is 5.32 Å². The van der Waals surface area contributed by atoms with Crippen LogP contribution in [0.5, 0.6) is 11.5 Å². The lowest BCUT2D eigenvalue weighted by Crippen LogP contribution is -2.43. The molecule has 0 spiro atoms. The number of hydrogen-bond acceptors (Lipinski definition) is 4. The fourth-order valence-corrected chi connectivity index (χ4v) is 4.03. The highest BCUT2D eigenvalue weighted by molar-refractivity contribution is 8.00. The molecule has 3 rings (SSSR count). The maximum absolute atomic E-state index is 12.8. The molecule has 138 valence electrons. The summed E-state index contributed by atoms with van der Waals surface area (Å²) >= 11 is 1.56. The Morgan fingerprint density at radius 1 is 1.27 bits per heavy atom. The van der Waals surface area contributed by atoms with Crippen molar-refractivity contribution >= 4 is 17.7 Å². The van der Waals surface area contributed by atoms with E-state index < -0.39 is 0 Å². The Morgan fingerprint density at radius 3 is 2.69 bits per heavy atom. The summed E-state index contributed by atoms with van der Waals surface area (Å²) in [6.45, 7) is 6.02. The molecule has 2 unspecified atom stereocenters. The van der Waals surface area contributed by atoms with Gasteiger partial charge in [-0.1, -0.05) is 18.2 Å². The van der Waals surface area contributed by atoms with Gasteiger partial charge in [0.05, 0.1) is 18.4 Å². The molecule has 1 amide bonds. The first-order valence-corrected chi connectivity index (χ1v) is 9.65. The summed E-state index contributed by atoms with van der Waals surface area (Å²) in [6, 6.07) is 15.6. The van der Waals surface area contributed by atoms with Crippen LogP contribution in [0.15, 0.2) is 53.4 Å². The second kappa shape index (κ2) is 7.62. The van der Waals surface area contributed by atoms with Crippen molar-refractivity contribution in [3.8, 4) is 11.5 Å². The molecular formula is C21H25NO3S. The molecule has 0 radical (unpaired) electrons. The number of ether oxygens (including phenoxy) is 2. The van der Waals surface area contributed by atoms with Crippen LogP contribution in [0.4, 0.5) is 0 Å². The van der Waals surface area contributed by atoms with Gasteiger partial charge in [-0.2, -0.15) is 0 Å². The summed E-state index contributed by atoms with van der Waals surface area (Å²) in [5.74, 6) is 1.59. The molecule has 0 aliphatic carbocycles. The molecule has 1 heterocycles. The first-order valence-electron chi connectivity index (χ1n) is 8.77. The van der Waals surface area contributed by atoms with E-state index in [0.717, 1.165) is 22.0 Å². The summed E-state index contributed by atoms with van der Waals surface area (Å²) in [5.41, 5.74) is 0.629. The number of nitrogens with one attached hydrogen (secondary N) is 1. The van der Waals surface area contributed by atoms with Crippen molar-refractivity contribution in [2.75, 3.05) is 7.11 Å². The van der Waals surface area contributed by atoms with Crippen LogP contribution in [0.1, 0.15) is 38.8 Å². The van der Waals surface area contributed by atoms with Crippen LogP contribution in [0.2, 0.25) is 0 Å². The average Bonchev–Trinajstić information content (AvgIpc) is 2.61. The smallest absolute Gasteiger partial charge is 0.233 e. The number of benzene rings is 2. The van der Waals surface area contributed by atoms with Gasteiger partial charge in [0.2, 0.25) is 5.91 Å². The third-order valence-electron chi connectivity index (χ3n) is 4.42. The van der Waals surface area contributed by atoms with Crippen LogP contribution < -0.4 is 14.8 Å². The second-order valence-electron chi connectivity index (χ2n) is 7.10. The van der Waals surface area contributed by atoms with E-state index in [1.165, 1.54) is 0 Å². The highest BCUT2D eigenvalue weighted by Crippen LogP contribution is 2.41. The lowest BCUT2D eigenvalue weighted by atomic mass is 9.89. The Balaban J connectivity index is 1.77. The zero-order valence-electron chi connectivity index (χ0n) is 15.6. The molecule has 0 saturated carbocycles. The maximum Gasteiger partial charge on any atom is 0.233 e. The normalized spacial score (nSPS) is 19.0. The topological polar surface area (TPSA) is 47.6 Å². The average molecular weight is 372 g/mol. The molecule has 0 bridgehead atoms. The summed E-state index contributed by atoms with van der Waals surface area (Å²) in [6.07, 6.45) is 0.710. The largest absolute Gasteiger partial charge is 0.497 e. The SMILES string of the molecule is COc1ccc2c(c1)C(NC(=O)C(C)Sc1ccccc1)CC(C)(C)O2. The van der Waals surface area contributed by atoms with Crippen molar-refractivity contribution < 1.29 is 14.3 Å². The number of carbonyl (C=O) groups excluding carboxylic acids is 1. The van der Waals surface area contributed by atoms with Crippen molar-refractivity contribution in [3.63, 3.8) is 0 Å². The second-order valence-corrected chi connectivity index (χ2v) is 8.52. The molecule has 1 aliphatic heterocycles. The van der Waals surface area contributed by atoms with Crippen molar-refractivity contribution in [2.45, 2.75) is 49.0 Å². The molecule has 2 aromatic carbocycles. The zero-order chi connectivity index (χ0) is 18.7. The Hall–Kier alpha value is -2.14. The molecule has 2 atom stereocenters. The summed E-state index contributed by atoms with van der Waals surface area (Å²) in [7, 11) is 1.64. The van der Waals surface area contributed by atoms with Crippen molar-refractivity contribution in [2.24, 2.45) is 0 Å². The third kappa shape index (κ3) is 4.33. The van der Waals surface area contributed by atoms with Gasteiger partial charge in [-0.3, -0.25) is 4.79 Å². The summed E-state index contributed by atoms with van der Waals surface area (Å²) in [5, 5.41) is 3.02. The van der Waals surface area contributed by atoms with E-state index >= 15 is 0 Å². The number of methoxy groups -OCH3 is 1. The predicted octanol–water partition coefficient (Wildman–Crippen LogP) is 4.59. The molecule has 26 heavy (non-hydrogen) atoms. The van der Waals surface area contributed by atoms with E-state index in [-0.39, 0.29) is 22.8 Å². The first-order chi connectivity index (χ1) is 12.4. The Labute approximate surface area is 159 Å². The Kier molecular flexibility index (Phi) is 5.47. The van der Waals surface area contributed by atoms with Gasteiger partial charge in [-0.25, -0.2) is 0 Å². The number of amides is 1. The number of thioether (sulfide) groups is 1. The van der Waals surface area contributed by atoms with Crippen LogP contribution in [0, 0.1) is 0 Å². The number of hydrogen-bond donors (Lipinski definition) is 1. The maximum atomic E-state index is 12.8. The Bertz CT molecular complexity index is 776. The minimum Gasteiger partial charge on any atom is -0.497 e. The van der Waals surface area contributed by atoms with Gasteiger partial charge in [0.15, 0.2) is 0 Å². The fourth-order valence-electron chi connectivity index (χ4n) is 3.13. The van der Waals surface area contributed by atoms with E-state index in [0.29, 0.717) is 6.42 Å². The molecule has 0 fully saturated rings. The first kappa shape index (κ1) is 18.6. The van der Waals surface area contributed by atoms with E-state index in [4.69, 9.17) is 9.47 Å². The summed E-state index contributed by atoms with van der Waals surface area (Å²) < 4.78 is 11.4. The van der Waals surface area contributed by atoms with Crippen LogP contribution >= 0.6 is 11.8 Å². The molecule has 1 N–H and O–H groups in total. The number of rotatable bonds is 5. The van der Waals surface area contributed by atoms with Crippen LogP contribution in [-0.2, 0) is 4.79 Å². The van der Waals surface area contributed by atoms with Crippen LogP contribution in [0.3, 0.4) is 0 Å². The molecule has 0 saturated heterocycles. The molecular weight excluding hydrogens is 346 g/mol. The number of fused-ring (bicyclic) bond motifs is 1. The standard InChI is InChI=1S/C21H25NO3S/c1-14(26-16-8-6-5-7-9-16)20(23)22-18-13-21(2,3)25-19-11-10-15(24-4)12-17(18)19/h5-12,14,18H,13H2,1-4H3,(H,22,23). The highest BCUT2D eigenvalue weighted by atomic mass is 32.2. The highest BCUT2D eigenvalue weighted by Gasteiger charge is 2.35. The van der Waals surface area contributed by atoms with Crippen LogP contribution in [0.25, 0.3) is 0 Å². The zero-order valence-corrected chi connectivity index (χ0v) is 16.4. The Morgan fingerprint density at radius 2 is 2.00 bits per heavy atom. The minimum absolute atomic E-state index is 0.0234.